The minimum Gasteiger partial charge on any atom is -0.350 e. The molecule has 0 radical (unpaired) electrons. The Kier molecular flexibility index (Phi) is 8.39. The zero-order valence-electron chi connectivity index (χ0n) is 18.1. The fraction of sp³-hybridized carbons (Fsp3) is 0.240. The van der Waals surface area contributed by atoms with Crippen molar-refractivity contribution in [2.24, 2.45) is 0 Å². The van der Waals surface area contributed by atoms with Gasteiger partial charge in [-0.1, -0.05) is 31.2 Å². The average Bonchev–Trinajstić information content (AvgIpc) is 2.82. The van der Waals surface area contributed by atoms with E-state index >= 15 is 0 Å². The Morgan fingerprint density at radius 3 is 2.56 bits per heavy atom. The van der Waals surface area contributed by atoms with Crippen LogP contribution < -0.4 is 10.6 Å². The summed E-state index contributed by atoms with van der Waals surface area (Å²) in [6.07, 6.45) is 2.50. The van der Waals surface area contributed by atoms with E-state index in [-0.39, 0.29) is 23.7 Å². The summed E-state index contributed by atoms with van der Waals surface area (Å²) in [6, 6.07) is 17.0. The van der Waals surface area contributed by atoms with Crippen molar-refractivity contribution in [1.29, 1.82) is 0 Å². The maximum absolute atomic E-state index is 13.1. The van der Waals surface area contributed by atoms with Crippen molar-refractivity contribution in [2.45, 2.75) is 43.6 Å². The molecule has 0 aliphatic heterocycles. The lowest BCUT2D eigenvalue weighted by atomic mass is 10.1. The number of carbonyl (C=O) groups excluding carboxylic acids is 2. The predicted octanol–water partition coefficient (Wildman–Crippen LogP) is 4.97. The number of aromatic nitrogens is 1. The Hall–Kier alpha value is -3.19. The van der Waals surface area contributed by atoms with E-state index in [2.05, 4.69) is 15.6 Å². The number of thioether (sulfide) groups is 1. The van der Waals surface area contributed by atoms with Gasteiger partial charge in [0.1, 0.15) is 10.8 Å². The molecule has 0 saturated heterocycles. The molecular weight excluding hydrogens is 425 g/mol. The highest BCUT2D eigenvalue weighted by Gasteiger charge is 2.14. The van der Waals surface area contributed by atoms with E-state index in [1.165, 1.54) is 23.9 Å². The van der Waals surface area contributed by atoms with Crippen LogP contribution in [0.25, 0.3) is 0 Å². The van der Waals surface area contributed by atoms with E-state index in [0.717, 1.165) is 17.5 Å². The molecule has 0 bridgehead atoms. The van der Waals surface area contributed by atoms with Gasteiger partial charge in [-0.25, -0.2) is 9.37 Å². The molecule has 0 saturated carbocycles. The second-order valence-corrected chi connectivity index (χ2v) is 8.40. The number of nitrogens with zero attached hydrogens (tertiary/aromatic N) is 1. The molecule has 3 rings (SSSR count). The lowest BCUT2D eigenvalue weighted by Crippen LogP contribution is -2.32. The SMILES string of the molecule is CCC(C)NC(=O)c1cccc(CNC(=O)c2cccnc2SCc2ccc(F)cc2)c1. The van der Waals surface area contributed by atoms with Crippen molar-refractivity contribution in [3.8, 4) is 0 Å². The summed E-state index contributed by atoms with van der Waals surface area (Å²) in [7, 11) is 0. The van der Waals surface area contributed by atoms with Gasteiger partial charge in [0.2, 0.25) is 0 Å². The van der Waals surface area contributed by atoms with Crippen molar-refractivity contribution >= 4 is 23.6 Å². The minimum atomic E-state index is -0.280. The van der Waals surface area contributed by atoms with Crippen molar-refractivity contribution < 1.29 is 14.0 Å². The molecular formula is C25H26FN3O2S. The molecule has 3 aromatic rings. The minimum absolute atomic E-state index is 0.0993. The Bertz CT molecular complexity index is 1070. The van der Waals surface area contributed by atoms with Crippen LogP contribution >= 0.6 is 11.8 Å². The van der Waals surface area contributed by atoms with Crippen molar-refractivity contribution in [2.75, 3.05) is 0 Å². The standard InChI is InChI=1S/C25H26FN3O2S/c1-3-17(2)29-23(30)20-7-4-6-19(14-20)15-28-24(31)22-8-5-13-27-25(22)32-16-18-9-11-21(26)12-10-18/h4-14,17H,3,15-16H2,1-2H3,(H,28,31)(H,29,30). The summed E-state index contributed by atoms with van der Waals surface area (Å²) in [6.45, 7) is 4.27. The molecule has 0 aliphatic carbocycles. The Labute approximate surface area is 191 Å². The first-order chi connectivity index (χ1) is 15.5. The average molecular weight is 452 g/mol. The van der Waals surface area contributed by atoms with Gasteiger partial charge < -0.3 is 10.6 Å². The van der Waals surface area contributed by atoms with Crippen LogP contribution in [0.15, 0.2) is 71.9 Å². The molecule has 5 nitrogen and oxygen atoms in total. The van der Waals surface area contributed by atoms with Gasteiger partial charge in [-0.05, 0) is 60.9 Å². The van der Waals surface area contributed by atoms with Crippen LogP contribution in [0.1, 0.15) is 52.1 Å². The first kappa shape index (κ1) is 23.5. The first-order valence-corrected chi connectivity index (χ1v) is 11.4. The molecule has 1 heterocycles. The molecule has 32 heavy (non-hydrogen) atoms. The summed E-state index contributed by atoms with van der Waals surface area (Å²) in [5.74, 6) is -0.0724. The van der Waals surface area contributed by atoms with Gasteiger partial charge in [-0.2, -0.15) is 0 Å². The van der Waals surface area contributed by atoms with Crippen LogP contribution in [0.2, 0.25) is 0 Å². The van der Waals surface area contributed by atoms with E-state index in [9.17, 15) is 14.0 Å². The number of pyridine rings is 1. The molecule has 1 unspecified atom stereocenters. The van der Waals surface area contributed by atoms with E-state index in [4.69, 9.17) is 0 Å². The van der Waals surface area contributed by atoms with E-state index in [1.807, 2.05) is 19.9 Å². The van der Waals surface area contributed by atoms with Gasteiger partial charge in [-0.3, -0.25) is 9.59 Å². The number of halogens is 1. The van der Waals surface area contributed by atoms with E-state index in [1.54, 1.807) is 48.7 Å². The summed E-state index contributed by atoms with van der Waals surface area (Å²) in [5.41, 5.74) is 2.82. The molecule has 1 atom stereocenters. The number of hydrogen-bond donors (Lipinski definition) is 2. The first-order valence-electron chi connectivity index (χ1n) is 10.5. The van der Waals surface area contributed by atoms with Crippen LogP contribution in [0.3, 0.4) is 0 Å². The van der Waals surface area contributed by atoms with Crippen molar-refractivity contribution in [3.63, 3.8) is 0 Å². The molecule has 7 heteroatoms. The fourth-order valence-corrected chi connectivity index (χ4v) is 3.87. The van der Waals surface area contributed by atoms with E-state index < -0.39 is 0 Å². The third-order valence-electron chi connectivity index (χ3n) is 4.94. The Balaban J connectivity index is 1.62. The Morgan fingerprint density at radius 1 is 1.03 bits per heavy atom. The topological polar surface area (TPSA) is 71.1 Å². The molecule has 166 valence electrons. The highest BCUT2D eigenvalue weighted by atomic mass is 32.2. The lowest BCUT2D eigenvalue weighted by molar-refractivity contribution is 0.0936. The maximum atomic E-state index is 13.1. The molecule has 2 amide bonds. The highest BCUT2D eigenvalue weighted by Crippen LogP contribution is 2.24. The second kappa shape index (κ2) is 11.4. The number of amides is 2. The Morgan fingerprint density at radius 2 is 1.81 bits per heavy atom. The smallest absolute Gasteiger partial charge is 0.254 e. The zero-order valence-corrected chi connectivity index (χ0v) is 18.9. The zero-order chi connectivity index (χ0) is 22.9. The number of nitrogens with one attached hydrogen (secondary N) is 2. The van der Waals surface area contributed by atoms with Crippen molar-refractivity contribution in [1.82, 2.24) is 15.6 Å². The highest BCUT2D eigenvalue weighted by molar-refractivity contribution is 7.98. The lowest BCUT2D eigenvalue weighted by Gasteiger charge is -2.12. The number of benzene rings is 2. The third-order valence-corrected chi connectivity index (χ3v) is 6.01. The molecule has 0 fully saturated rings. The fourth-order valence-electron chi connectivity index (χ4n) is 2.92. The summed E-state index contributed by atoms with van der Waals surface area (Å²) < 4.78 is 13.1. The second-order valence-electron chi connectivity index (χ2n) is 7.44. The van der Waals surface area contributed by atoms with Gasteiger partial charge in [0.25, 0.3) is 11.8 Å². The normalized spacial score (nSPS) is 11.6. The van der Waals surface area contributed by atoms with Gasteiger partial charge in [0.05, 0.1) is 5.56 Å². The number of hydrogen-bond acceptors (Lipinski definition) is 4. The number of carbonyl (C=O) groups is 2. The summed E-state index contributed by atoms with van der Waals surface area (Å²) in [4.78, 5) is 29.5. The van der Waals surface area contributed by atoms with Gasteiger partial charge in [0, 0.05) is 30.1 Å². The molecule has 1 aromatic heterocycles. The van der Waals surface area contributed by atoms with Gasteiger partial charge >= 0.3 is 0 Å². The quantitative estimate of drug-likeness (QED) is 0.451. The predicted molar refractivity (Wildman–Crippen MR) is 125 cm³/mol. The van der Waals surface area contributed by atoms with Crippen LogP contribution in [-0.4, -0.2) is 22.8 Å². The van der Waals surface area contributed by atoms with E-state index in [0.29, 0.717) is 28.5 Å². The van der Waals surface area contributed by atoms with Crippen LogP contribution in [-0.2, 0) is 12.3 Å². The largest absolute Gasteiger partial charge is 0.350 e. The van der Waals surface area contributed by atoms with Crippen LogP contribution in [0.4, 0.5) is 4.39 Å². The van der Waals surface area contributed by atoms with Gasteiger partial charge in [0.15, 0.2) is 0 Å². The molecule has 0 spiro atoms. The molecule has 2 aromatic carbocycles. The van der Waals surface area contributed by atoms with Crippen molar-refractivity contribution in [3.05, 3.63) is 94.9 Å². The monoisotopic (exact) mass is 451 g/mol. The van der Waals surface area contributed by atoms with Gasteiger partial charge in [-0.15, -0.1) is 11.8 Å². The third kappa shape index (κ3) is 6.65. The molecule has 0 aliphatic rings. The van der Waals surface area contributed by atoms with Crippen LogP contribution in [0, 0.1) is 5.82 Å². The summed E-state index contributed by atoms with van der Waals surface area (Å²) in [5, 5.41) is 6.46. The summed E-state index contributed by atoms with van der Waals surface area (Å²) >= 11 is 1.42. The van der Waals surface area contributed by atoms with Crippen LogP contribution in [0.5, 0.6) is 0 Å². The molecule has 2 N–H and O–H groups in total. The number of rotatable bonds is 9. The maximum Gasteiger partial charge on any atom is 0.254 e.